The van der Waals surface area contributed by atoms with Crippen molar-refractivity contribution in [1.82, 2.24) is 5.32 Å². The Morgan fingerprint density at radius 1 is 0.833 bits per heavy atom. The second kappa shape index (κ2) is 12.0. The van der Waals surface area contributed by atoms with E-state index in [0.717, 1.165) is 30.7 Å². The molecule has 1 unspecified atom stereocenters. The van der Waals surface area contributed by atoms with Crippen LogP contribution in [0.4, 0.5) is 17.1 Å². The van der Waals surface area contributed by atoms with E-state index in [0.29, 0.717) is 29.0 Å². The Balaban J connectivity index is 1.20. The van der Waals surface area contributed by atoms with Gasteiger partial charge in [-0.25, -0.2) is 0 Å². The molecule has 4 N–H and O–H groups in total. The van der Waals surface area contributed by atoms with E-state index in [9.17, 15) is 14.4 Å². The summed E-state index contributed by atoms with van der Waals surface area (Å²) in [7, 11) is 0. The molecule has 3 amide bonds. The van der Waals surface area contributed by atoms with Crippen LogP contribution in [0.25, 0.3) is 0 Å². The van der Waals surface area contributed by atoms with E-state index in [1.807, 2.05) is 25.1 Å². The molecule has 8 nitrogen and oxygen atoms in total. The third-order valence-corrected chi connectivity index (χ3v) is 5.82. The first-order valence-corrected chi connectivity index (χ1v) is 12.0. The van der Waals surface area contributed by atoms with Gasteiger partial charge in [0.25, 0.3) is 11.8 Å². The molecule has 1 aliphatic rings. The molecule has 186 valence electrons. The summed E-state index contributed by atoms with van der Waals surface area (Å²) in [6, 6.07) is 21.3. The Hall–Kier alpha value is -4.17. The molecule has 1 fully saturated rings. The second-order valence-electron chi connectivity index (χ2n) is 8.73. The van der Waals surface area contributed by atoms with E-state index in [2.05, 4.69) is 21.3 Å². The monoisotopic (exact) mass is 486 g/mol. The molecule has 0 spiro atoms. The summed E-state index contributed by atoms with van der Waals surface area (Å²) in [5.74, 6) is -0.552. The SMILES string of the molecule is Cc1cccc(C(=O)Nc2ccc(NC(=O)CNc3ccc(C(=O)NCC4CCCO4)cc3)cc2)c1. The van der Waals surface area contributed by atoms with Gasteiger partial charge in [0.2, 0.25) is 5.91 Å². The standard InChI is InChI=1S/C28H30N4O4/c1-19-4-2-5-21(16-19)28(35)32-24-13-11-23(12-14-24)31-26(33)18-29-22-9-7-20(8-10-22)27(34)30-17-25-6-3-15-36-25/h2,4-5,7-14,16,25,29H,3,6,15,17-18H2,1H3,(H,30,34)(H,31,33)(H,32,35). The van der Waals surface area contributed by atoms with Crippen molar-refractivity contribution in [3.63, 3.8) is 0 Å². The quantitative estimate of drug-likeness (QED) is 0.362. The van der Waals surface area contributed by atoms with Gasteiger partial charge in [-0.15, -0.1) is 0 Å². The van der Waals surface area contributed by atoms with Crippen molar-refractivity contribution in [3.05, 3.63) is 89.5 Å². The van der Waals surface area contributed by atoms with E-state index in [1.165, 1.54) is 0 Å². The maximum absolute atomic E-state index is 12.4. The van der Waals surface area contributed by atoms with Crippen molar-refractivity contribution >= 4 is 34.8 Å². The van der Waals surface area contributed by atoms with Crippen LogP contribution in [0.15, 0.2) is 72.8 Å². The van der Waals surface area contributed by atoms with Crippen LogP contribution < -0.4 is 21.3 Å². The van der Waals surface area contributed by atoms with Gasteiger partial charge in [-0.05, 0) is 80.4 Å². The Morgan fingerprint density at radius 2 is 1.53 bits per heavy atom. The summed E-state index contributed by atoms with van der Waals surface area (Å²) in [5.41, 5.74) is 4.14. The molecule has 1 atom stereocenters. The van der Waals surface area contributed by atoms with Crippen LogP contribution in [0.3, 0.4) is 0 Å². The van der Waals surface area contributed by atoms with E-state index in [1.54, 1.807) is 54.6 Å². The topological polar surface area (TPSA) is 109 Å². The van der Waals surface area contributed by atoms with E-state index in [4.69, 9.17) is 4.74 Å². The van der Waals surface area contributed by atoms with Gasteiger partial charge >= 0.3 is 0 Å². The number of rotatable bonds is 9. The van der Waals surface area contributed by atoms with Crippen molar-refractivity contribution in [2.45, 2.75) is 25.9 Å². The van der Waals surface area contributed by atoms with Crippen molar-refractivity contribution < 1.29 is 19.1 Å². The molecule has 0 saturated carbocycles. The summed E-state index contributed by atoms with van der Waals surface area (Å²) < 4.78 is 5.52. The average Bonchev–Trinajstić information content (AvgIpc) is 3.41. The molecule has 1 saturated heterocycles. The molecule has 0 bridgehead atoms. The Bertz CT molecular complexity index is 1200. The highest BCUT2D eigenvalue weighted by molar-refractivity contribution is 6.04. The van der Waals surface area contributed by atoms with Gasteiger partial charge in [-0.1, -0.05) is 17.7 Å². The largest absolute Gasteiger partial charge is 0.376 e. The van der Waals surface area contributed by atoms with Gasteiger partial charge in [0.1, 0.15) is 0 Å². The number of aryl methyl sites for hydroxylation is 1. The van der Waals surface area contributed by atoms with Crippen molar-refractivity contribution in [2.24, 2.45) is 0 Å². The number of benzene rings is 3. The van der Waals surface area contributed by atoms with E-state index >= 15 is 0 Å². The fourth-order valence-corrected chi connectivity index (χ4v) is 3.87. The third kappa shape index (κ3) is 7.16. The highest BCUT2D eigenvalue weighted by Crippen LogP contribution is 2.16. The number of hydrogen-bond acceptors (Lipinski definition) is 5. The van der Waals surface area contributed by atoms with E-state index < -0.39 is 0 Å². The smallest absolute Gasteiger partial charge is 0.255 e. The number of carbonyl (C=O) groups is 3. The van der Waals surface area contributed by atoms with Gasteiger partial charge in [0.05, 0.1) is 12.6 Å². The average molecular weight is 487 g/mol. The molecular formula is C28H30N4O4. The Morgan fingerprint density at radius 3 is 2.19 bits per heavy atom. The number of nitrogens with one attached hydrogen (secondary N) is 4. The fraction of sp³-hybridized carbons (Fsp3) is 0.250. The first-order valence-electron chi connectivity index (χ1n) is 12.0. The Kier molecular flexibility index (Phi) is 8.31. The summed E-state index contributed by atoms with van der Waals surface area (Å²) in [4.78, 5) is 37.0. The normalized spacial score (nSPS) is 14.6. The zero-order valence-corrected chi connectivity index (χ0v) is 20.2. The zero-order valence-electron chi connectivity index (χ0n) is 20.2. The van der Waals surface area contributed by atoms with Crippen LogP contribution in [0.2, 0.25) is 0 Å². The van der Waals surface area contributed by atoms with Crippen LogP contribution in [-0.2, 0) is 9.53 Å². The number of anilines is 3. The maximum Gasteiger partial charge on any atom is 0.255 e. The van der Waals surface area contributed by atoms with Crippen molar-refractivity contribution in [3.8, 4) is 0 Å². The maximum atomic E-state index is 12.4. The third-order valence-electron chi connectivity index (χ3n) is 5.82. The molecule has 1 heterocycles. The van der Waals surface area contributed by atoms with Crippen LogP contribution in [0.1, 0.15) is 39.1 Å². The van der Waals surface area contributed by atoms with Crippen molar-refractivity contribution in [1.29, 1.82) is 0 Å². The summed E-state index contributed by atoms with van der Waals surface area (Å²) >= 11 is 0. The number of ether oxygens (including phenoxy) is 1. The minimum absolute atomic E-state index is 0.0659. The predicted octanol–water partition coefficient (Wildman–Crippen LogP) is 4.21. The van der Waals surface area contributed by atoms with Crippen LogP contribution in [-0.4, -0.2) is 43.5 Å². The predicted molar refractivity (Wildman–Crippen MR) is 140 cm³/mol. The highest BCUT2D eigenvalue weighted by atomic mass is 16.5. The number of amides is 3. The molecule has 8 heteroatoms. The Labute approximate surface area is 210 Å². The lowest BCUT2D eigenvalue weighted by atomic mass is 10.1. The molecule has 0 aliphatic carbocycles. The van der Waals surface area contributed by atoms with Crippen LogP contribution >= 0.6 is 0 Å². The molecule has 3 aromatic carbocycles. The molecule has 1 aliphatic heterocycles. The van der Waals surface area contributed by atoms with Crippen LogP contribution in [0.5, 0.6) is 0 Å². The minimum atomic E-state index is -0.218. The first-order chi connectivity index (χ1) is 17.5. The molecule has 36 heavy (non-hydrogen) atoms. The zero-order chi connectivity index (χ0) is 25.3. The van der Waals surface area contributed by atoms with Gasteiger partial charge < -0.3 is 26.0 Å². The van der Waals surface area contributed by atoms with E-state index in [-0.39, 0.29) is 30.4 Å². The van der Waals surface area contributed by atoms with Gasteiger partial charge in [0.15, 0.2) is 0 Å². The fourth-order valence-electron chi connectivity index (χ4n) is 3.87. The summed E-state index contributed by atoms with van der Waals surface area (Å²) in [6.07, 6.45) is 2.11. The molecule has 0 radical (unpaired) electrons. The molecule has 4 rings (SSSR count). The summed E-state index contributed by atoms with van der Waals surface area (Å²) in [6.45, 7) is 3.27. The lowest BCUT2D eigenvalue weighted by Gasteiger charge is -2.12. The molecule has 3 aromatic rings. The van der Waals surface area contributed by atoms with Crippen LogP contribution in [0, 0.1) is 6.92 Å². The van der Waals surface area contributed by atoms with Crippen molar-refractivity contribution in [2.75, 3.05) is 35.6 Å². The summed E-state index contributed by atoms with van der Waals surface area (Å²) in [5, 5.41) is 11.6. The first kappa shape index (κ1) is 24.9. The lowest BCUT2D eigenvalue weighted by molar-refractivity contribution is -0.114. The molecular weight excluding hydrogens is 456 g/mol. The number of carbonyl (C=O) groups excluding carboxylic acids is 3. The van der Waals surface area contributed by atoms with Gasteiger partial charge in [0, 0.05) is 41.3 Å². The number of hydrogen-bond donors (Lipinski definition) is 4. The molecule has 0 aromatic heterocycles. The van der Waals surface area contributed by atoms with Gasteiger partial charge in [-0.2, -0.15) is 0 Å². The second-order valence-corrected chi connectivity index (χ2v) is 8.73. The lowest BCUT2D eigenvalue weighted by Crippen LogP contribution is -2.31. The highest BCUT2D eigenvalue weighted by Gasteiger charge is 2.16. The minimum Gasteiger partial charge on any atom is -0.376 e. The van der Waals surface area contributed by atoms with Gasteiger partial charge in [-0.3, -0.25) is 14.4 Å².